The van der Waals surface area contributed by atoms with Crippen LogP contribution in [0, 0.1) is 5.92 Å². The number of carbonyl (C=O) groups excluding carboxylic acids is 5. The summed E-state index contributed by atoms with van der Waals surface area (Å²) in [6.45, 7) is 4.58. The largest absolute Gasteiger partial charge is 0.481 e. The molecule has 63 heavy (non-hydrogen) atoms. The zero-order valence-electron chi connectivity index (χ0n) is 35.2. The third-order valence-corrected chi connectivity index (χ3v) is 10.3. The van der Waals surface area contributed by atoms with Crippen molar-refractivity contribution in [2.75, 3.05) is 6.54 Å². The molecule has 0 fully saturated rings. The standard InChI is InChI=1S/C42H57N11O10/c1-21(2)34(41(62)63)52-39(60)32(18-24-20-48-29-13-7-5-10-26(24)29)51-40(61)35(22(3)54)53-37(58)30(14-15-33(55)56)49-38(59)31(17-23-19-47-28-12-6-4-9-25(23)28)50-36(57)27(43)11-8-16-46-42(44)45/h4-7,9-10,12-13,19-22,27,30-32,34-35,47-48,54H,8,11,14-18,43H2,1-3H3,(H,49,59)(H,50,57)(H,51,61)(H,52,60)(H,53,58)(H,55,56)(H,62,63)(H4,44,45,46)/t22-,27+,30+,31+,32+,34+,35+/m1/s1. The average molecular weight is 876 g/mol. The molecule has 2 aromatic heterocycles. The van der Waals surface area contributed by atoms with Gasteiger partial charge in [0.1, 0.15) is 30.2 Å². The number of H-pyrrole nitrogens is 2. The summed E-state index contributed by atoms with van der Waals surface area (Å²) in [5.74, 6) is -7.83. The Balaban J connectivity index is 1.58. The molecule has 2 heterocycles. The highest BCUT2D eigenvalue weighted by atomic mass is 16.4. The summed E-state index contributed by atoms with van der Waals surface area (Å²) < 4.78 is 0. The van der Waals surface area contributed by atoms with Gasteiger partial charge >= 0.3 is 11.9 Å². The van der Waals surface area contributed by atoms with Crippen molar-refractivity contribution in [2.24, 2.45) is 28.1 Å². The highest BCUT2D eigenvalue weighted by Crippen LogP contribution is 2.21. The maximum Gasteiger partial charge on any atom is 0.326 e. The first-order valence-electron chi connectivity index (χ1n) is 20.4. The third kappa shape index (κ3) is 14.0. The second kappa shape index (κ2) is 22.7. The lowest BCUT2D eigenvalue weighted by atomic mass is 10.0. The smallest absolute Gasteiger partial charge is 0.326 e. The van der Waals surface area contributed by atoms with E-state index in [2.05, 4.69) is 41.5 Å². The van der Waals surface area contributed by atoms with E-state index >= 15 is 0 Å². The van der Waals surface area contributed by atoms with Crippen LogP contribution in [0.15, 0.2) is 65.9 Å². The van der Waals surface area contributed by atoms with E-state index in [0.29, 0.717) is 17.5 Å². The van der Waals surface area contributed by atoms with Gasteiger partial charge < -0.3 is 69.1 Å². The number of carboxylic acid groups (broad SMARTS) is 2. The molecule has 0 saturated carbocycles. The van der Waals surface area contributed by atoms with Gasteiger partial charge in [0, 0.05) is 60.0 Å². The number of nitrogens with two attached hydrogens (primary N) is 3. The van der Waals surface area contributed by atoms with Gasteiger partial charge in [-0.2, -0.15) is 0 Å². The van der Waals surface area contributed by atoms with E-state index in [1.165, 1.54) is 6.92 Å². The molecule has 4 aromatic rings. The maximum atomic E-state index is 14.1. The molecular formula is C42H57N11O10. The van der Waals surface area contributed by atoms with Crippen molar-refractivity contribution in [3.63, 3.8) is 0 Å². The molecular weight excluding hydrogens is 819 g/mol. The molecule has 340 valence electrons. The van der Waals surface area contributed by atoms with Crippen molar-refractivity contribution in [1.29, 1.82) is 0 Å². The predicted molar refractivity (Wildman–Crippen MR) is 233 cm³/mol. The first-order chi connectivity index (χ1) is 29.9. The van der Waals surface area contributed by atoms with E-state index in [1.807, 2.05) is 12.1 Å². The number of rotatable bonds is 24. The summed E-state index contributed by atoms with van der Waals surface area (Å²) in [6.07, 6.45) is 0.869. The van der Waals surface area contributed by atoms with Gasteiger partial charge in [-0.15, -0.1) is 0 Å². The van der Waals surface area contributed by atoms with Crippen LogP contribution in [0.3, 0.4) is 0 Å². The number of para-hydroxylation sites is 2. The number of nitrogens with zero attached hydrogens (tertiary/aromatic N) is 1. The molecule has 7 atom stereocenters. The number of carbonyl (C=O) groups is 7. The van der Waals surface area contributed by atoms with E-state index in [4.69, 9.17) is 17.2 Å². The summed E-state index contributed by atoms with van der Waals surface area (Å²) in [5.41, 5.74) is 19.6. The minimum atomic E-state index is -1.76. The number of aromatic nitrogens is 2. The second-order valence-electron chi connectivity index (χ2n) is 15.6. The lowest BCUT2D eigenvalue weighted by Gasteiger charge is -2.28. The average Bonchev–Trinajstić information content (AvgIpc) is 3.84. The molecule has 0 spiro atoms. The minimum Gasteiger partial charge on any atom is -0.481 e. The number of nitrogens with one attached hydrogen (secondary N) is 7. The first kappa shape index (κ1) is 48.7. The first-order valence-corrected chi connectivity index (χ1v) is 20.4. The van der Waals surface area contributed by atoms with Crippen LogP contribution in [-0.2, 0) is 46.4 Å². The van der Waals surface area contributed by atoms with E-state index in [1.54, 1.807) is 62.6 Å². The molecule has 0 aliphatic carbocycles. The van der Waals surface area contributed by atoms with E-state index in [-0.39, 0.29) is 31.8 Å². The Labute approximate surface area is 362 Å². The summed E-state index contributed by atoms with van der Waals surface area (Å²) in [4.78, 5) is 103. The lowest BCUT2D eigenvalue weighted by Crippen LogP contribution is -2.62. The van der Waals surface area contributed by atoms with Crippen LogP contribution in [0.25, 0.3) is 21.8 Å². The van der Waals surface area contributed by atoms with Crippen LogP contribution in [-0.4, -0.2) is 122 Å². The van der Waals surface area contributed by atoms with Crippen LogP contribution < -0.4 is 43.8 Å². The van der Waals surface area contributed by atoms with Gasteiger partial charge in [-0.1, -0.05) is 50.2 Å². The zero-order valence-corrected chi connectivity index (χ0v) is 35.2. The highest BCUT2D eigenvalue weighted by Gasteiger charge is 2.36. The Morgan fingerprint density at radius 3 is 1.62 bits per heavy atom. The summed E-state index contributed by atoms with van der Waals surface area (Å²) in [5, 5.41) is 44.1. The number of fused-ring (bicyclic) bond motifs is 2. The van der Waals surface area contributed by atoms with Crippen molar-refractivity contribution in [3.05, 3.63) is 72.1 Å². The van der Waals surface area contributed by atoms with E-state index in [0.717, 1.165) is 21.8 Å². The number of guanidine groups is 1. The van der Waals surface area contributed by atoms with Gasteiger partial charge in [0.05, 0.1) is 12.1 Å². The fourth-order valence-corrected chi connectivity index (χ4v) is 6.89. The number of aliphatic hydroxyl groups is 1. The van der Waals surface area contributed by atoms with Crippen LogP contribution in [0.2, 0.25) is 0 Å². The monoisotopic (exact) mass is 875 g/mol. The summed E-state index contributed by atoms with van der Waals surface area (Å²) >= 11 is 0. The molecule has 21 nitrogen and oxygen atoms in total. The van der Waals surface area contributed by atoms with Crippen LogP contribution in [0.4, 0.5) is 0 Å². The number of hydrogen-bond donors (Lipinski definition) is 13. The highest BCUT2D eigenvalue weighted by molar-refractivity contribution is 5.97. The Bertz CT molecular complexity index is 2280. The number of carboxylic acids is 2. The summed E-state index contributed by atoms with van der Waals surface area (Å²) in [6, 6.07) is 5.84. The molecule has 5 amide bonds. The number of aliphatic hydroxyl groups excluding tert-OH is 1. The molecule has 0 aliphatic heterocycles. The fraction of sp³-hybridized carbons (Fsp3) is 0.429. The van der Waals surface area contributed by atoms with Gasteiger partial charge in [-0.05, 0) is 55.4 Å². The molecule has 0 aliphatic rings. The Kier molecular flexibility index (Phi) is 17.6. The number of hydrogen-bond acceptors (Lipinski definition) is 10. The second-order valence-corrected chi connectivity index (χ2v) is 15.6. The number of amides is 5. The van der Waals surface area contributed by atoms with Crippen LogP contribution >= 0.6 is 0 Å². The fourth-order valence-electron chi connectivity index (χ4n) is 6.89. The minimum absolute atomic E-state index is 0.0896. The molecule has 21 heteroatoms. The van der Waals surface area contributed by atoms with Gasteiger partial charge in [-0.25, -0.2) is 4.79 Å². The SMILES string of the molecule is CC(C)[C@H](NC(=O)[C@H](Cc1c[nH]c2ccccc12)NC(=O)[C@@H](NC(=O)[C@H](CCC(=O)O)NC(=O)[C@H](Cc1c[nH]c2ccccc12)NC(=O)[C@@H](N)CCCN=C(N)N)[C@@H](C)O)C(=O)O. The Morgan fingerprint density at radius 2 is 1.13 bits per heavy atom. The lowest BCUT2D eigenvalue weighted by molar-refractivity contribution is -0.143. The molecule has 0 saturated heterocycles. The Hall–Kier alpha value is -7.00. The molecule has 0 unspecified atom stereocenters. The van der Waals surface area contributed by atoms with Crippen LogP contribution in [0.5, 0.6) is 0 Å². The number of aromatic amines is 2. The van der Waals surface area contributed by atoms with Gasteiger partial charge in [-0.3, -0.25) is 33.8 Å². The van der Waals surface area contributed by atoms with Crippen molar-refractivity contribution in [3.8, 4) is 0 Å². The van der Waals surface area contributed by atoms with Gasteiger partial charge in [0.25, 0.3) is 0 Å². The number of benzene rings is 2. The number of aliphatic imine (C=N–C) groups is 1. The zero-order chi connectivity index (χ0) is 46.4. The normalized spacial score (nSPS) is 14.6. The van der Waals surface area contributed by atoms with Gasteiger partial charge in [0.2, 0.25) is 29.5 Å². The number of aliphatic carboxylic acids is 2. The molecule has 0 radical (unpaired) electrons. The summed E-state index contributed by atoms with van der Waals surface area (Å²) in [7, 11) is 0. The van der Waals surface area contributed by atoms with Crippen molar-refractivity contribution in [2.45, 2.75) is 102 Å². The van der Waals surface area contributed by atoms with Gasteiger partial charge in [0.15, 0.2) is 5.96 Å². The maximum absolute atomic E-state index is 14.1. The predicted octanol–water partition coefficient (Wildman–Crippen LogP) is -0.774. The van der Waals surface area contributed by atoms with Crippen molar-refractivity contribution >= 4 is 69.2 Å². The van der Waals surface area contributed by atoms with Crippen molar-refractivity contribution in [1.82, 2.24) is 36.6 Å². The van der Waals surface area contributed by atoms with Crippen molar-refractivity contribution < 1.29 is 48.9 Å². The molecule has 4 rings (SSSR count). The van der Waals surface area contributed by atoms with E-state index < -0.39 is 103 Å². The third-order valence-electron chi connectivity index (χ3n) is 10.3. The van der Waals surface area contributed by atoms with E-state index in [9.17, 15) is 48.9 Å². The molecule has 2 aromatic carbocycles. The molecule has 0 bridgehead atoms. The topological polar surface area (TPSA) is 362 Å². The quantitative estimate of drug-likeness (QED) is 0.0234. The molecule has 16 N–H and O–H groups in total. The Morgan fingerprint density at radius 1 is 0.651 bits per heavy atom. The van der Waals surface area contributed by atoms with Crippen LogP contribution in [0.1, 0.15) is 57.6 Å².